The van der Waals surface area contributed by atoms with Crippen LogP contribution in [-0.4, -0.2) is 5.11 Å². The van der Waals surface area contributed by atoms with Crippen molar-refractivity contribution in [1.29, 1.82) is 15.8 Å². The van der Waals surface area contributed by atoms with Crippen molar-refractivity contribution < 1.29 is 5.11 Å². The molecule has 0 aliphatic rings. The van der Waals surface area contributed by atoms with Crippen molar-refractivity contribution in [2.45, 2.75) is 6.92 Å². The lowest BCUT2D eigenvalue weighted by atomic mass is 10.2. The maximum Gasteiger partial charge on any atom is 0.163 e. The highest BCUT2D eigenvalue weighted by molar-refractivity contribution is 6.33. The highest BCUT2D eigenvalue weighted by Crippen LogP contribution is 2.30. The number of benzene rings is 1. The summed E-state index contributed by atoms with van der Waals surface area (Å²) in [5.41, 5.74) is 0.256. The van der Waals surface area contributed by atoms with Crippen LogP contribution in [0.5, 0.6) is 5.75 Å². The molecule has 0 radical (unpaired) electrons. The monoisotopic (exact) mass is 258 g/mol. The maximum atomic E-state index is 9.54. The molecule has 88 valence electrons. The second-order valence-electron chi connectivity index (χ2n) is 3.33. The van der Waals surface area contributed by atoms with Gasteiger partial charge in [0.2, 0.25) is 0 Å². The minimum atomic E-state index is -0.353. The lowest BCUT2D eigenvalue weighted by Gasteiger charge is -2.09. The van der Waals surface area contributed by atoms with Gasteiger partial charge in [0.05, 0.1) is 10.7 Å². The van der Waals surface area contributed by atoms with Crippen molar-refractivity contribution in [3.8, 4) is 24.0 Å². The molecule has 0 bridgehead atoms. The Hall–Kier alpha value is -2.68. The largest absolute Gasteiger partial charge is 0.508 e. The molecule has 1 aromatic rings. The van der Waals surface area contributed by atoms with Crippen LogP contribution in [0.3, 0.4) is 0 Å². The molecule has 0 fully saturated rings. The predicted octanol–water partition coefficient (Wildman–Crippen LogP) is 2.59. The molecule has 1 aromatic carbocycles. The molecule has 0 unspecified atom stereocenters. The van der Waals surface area contributed by atoms with Gasteiger partial charge < -0.3 is 10.4 Å². The van der Waals surface area contributed by atoms with Crippen molar-refractivity contribution in [1.82, 2.24) is 0 Å². The number of hydrogen-bond donors (Lipinski definition) is 2. The van der Waals surface area contributed by atoms with Crippen LogP contribution in [0.25, 0.3) is 0 Å². The molecule has 18 heavy (non-hydrogen) atoms. The number of anilines is 1. The van der Waals surface area contributed by atoms with Crippen LogP contribution in [0.2, 0.25) is 5.02 Å². The van der Waals surface area contributed by atoms with Gasteiger partial charge in [-0.2, -0.15) is 15.8 Å². The number of nitrogens with one attached hydrogen (secondary N) is 1. The first-order chi connectivity index (χ1) is 8.53. The number of hydrogen-bond acceptors (Lipinski definition) is 5. The summed E-state index contributed by atoms with van der Waals surface area (Å²) in [6, 6.07) is 7.72. The van der Waals surface area contributed by atoms with E-state index in [0.29, 0.717) is 5.56 Å². The Kier molecular flexibility index (Phi) is 4.16. The van der Waals surface area contributed by atoms with E-state index in [9.17, 15) is 5.11 Å². The van der Waals surface area contributed by atoms with E-state index in [2.05, 4.69) is 5.32 Å². The van der Waals surface area contributed by atoms with Gasteiger partial charge in [-0.05, 0) is 18.6 Å². The van der Waals surface area contributed by atoms with Crippen molar-refractivity contribution >= 4 is 17.3 Å². The fourth-order valence-electron chi connectivity index (χ4n) is 1.17. The van der Waals surface area contributed by atoms with Crippen LogP contribution in [0.1, 0.15) is 5.56 Å². The maximum absolute atomic E-state index is 9.54. The third kappa shape index (κ3) is 2.71. The molecule has 5 nitrogen and oxygen atoms in total. The van der Waals surface area contributed by atoms with Gasteiger partial charge in [-0.25, -0.2) is 0 Å². The van der Waals surface area contributed by atoms with Gasteiger partial charge in [-0.1, -0.05) is 11.6 Å². The third-order valence-corrected chi connectivity index (χ3v) is 2.44. The van der Waals surface area contributed by atoms with Crippen LogP contribution in [0, 0.1) is 40.9 Å². The second kappa shape index (κ2) is 5.59. The highest BCUT2D eigenvalue weighted by atomic mass is 35.5. The molecule has 0 atom stereocenters. The predicted molar refractivity (Wildman–Crippen MR) is 65.3 cm³/mol. The summed E-state index contributed by atoms with van der Waals surface area (Å²) in [5.74, 6) is -0.00495. The minimum Gasteiger partial charge on any atom is -0.508 e. The Labute approximate surface area is 109 Å². The number of halogens is 1. The molecule has 6 heteroatoms. The number of allylic oxidation sites excluding steroid dienone is 2. The van der Waals surface area contributed by atoms with Crippen LogP contribution in [0.15, 0.2) is 23.4 Å². The third-order valence-electron chi connectivity index (χ3n) is 2.13. The van der Waals surface area contributed by atoms with Gasteiger partial charge in [0.1, 0.15) is 29.7 Å². The fraction of sp³-hybridized carbons (Fsp3) is 0.0833. The van der Waals surface area contributed by atoms with Gasteiger partial charge in [-0.3, -0.25) is 0 Å². The van der Waals surface area contributed by atoms with Crippen LogP contribution in [0.4, 0.5) is 5.69 Å². The van der Waals surface area contributed by atoms with E-state index in [1.165, 1.54) is 12.1 Å². The Morgan fingerprint density at radius 1 is 1.22 bits per heavy atom. The lowest BCUT2D eigenvalue weighted by molar-refractivity contribution is 0.471. The summed E-state index contributed by atoms with van der Waals surface area (Å²) in [5, 5.41) is 38.6. The first-order valence-electron chi connectivity index (χ1n) is 4.74. The van der Waals surface area contributed by atoms with Crippen LogP contribution in [-0.2, 0) is 0 Å². The second-order valence-corrected chi connectivity index (χ2v) is 3.74. The first-order valence-corrected chi connectivity index (χ1v) is 5.12. The van der Waals surface area contributed by atoms with Gasteiger partial charge in [-0.15, -0.1) is 0 Å². The molecule has 0 amide bonds. The Balaban J connectivity index is 3.26. The summed E-state index contributed by atoms with van der Waals surface area (Å²) >= 11 is 5.92. The number of nitriles is 3. The Bertz CT molecular complexity index is 628. The number of nitrogens with zero attached hydrogens (tertiary/aromatic N) is 3. The van der Waals surface area contributed by atoms with E-state index < -0.39 is 0 Å². The van der Waals surface area contributed by atoms with E-state index in [1.807, 2.05) is 0 Å². The molecule has 1 rings (SSSR count). The number of phenolic OH excluding ortho intramolecular Hbond substituents is 1. The molecular formula is C12H7ClN4O. The molecule has 0 aliphatic heterocycles. The molecule has 0 saturated heterocycles. The fourth-order valence-corrected chi connectivity index (χ4v) is 1.44. The average Bonchev–Trinajstić information content (AvgIpc) is 2.35. The molecule has 0 spiro atoms. The SMILES string of the molecule is Cc1cc(Cl)c(NC(C#N)=C(C#N)C#N)cc1O. The van der Waals surface area contributed by atoms with Gasteiger partial charge in [0.15, 0.2) is 5.57 Å². The zero-order chi connectivity index (χ0) is 13.7. The normalized spacial score (nSPS) is 8.61. The van der Waals surface area contributed by atoms with Gasteiger partial charge >= 0.3 is 0 Å². The Morgan fingerprint density at radius 2 is 1.83 bits per heavy atom. The van der Waals surface area contributed by atoms with Crippen LogP contribution < -0.4 is 5.32 Å². The van der Waals surface area contributed by atoms with Crippen molar-refractivity contribution in [3.05, 3.63) is 34.0 Å². The highest BCUT2D eigenvalue weighted by Gasteiger charge is 2.10. The standard InChI is InChI=1S/C12H7ClN4O/c1-7-2-9(13)10(3-12(7)18)17-11(6-16)8(4-14)5-15/h2-3,17-18H,1H3. The molecular weight excluding hydrogens is 252 g/mol. The first kappa shape index (κ1) is 13.4. The molecule has 2 N–H and O–H groups in total. The number of aryl methyl sites for hydroxylation is 1. The number of phenols is 1. The molecule has 0 heterocycles. The molecule has 0 saturated carbocycles. The molecule has 0 aliphatic carbocycles. The van der Waals surface area contributed by atoms with E-state index in [0.717, 1.165) is 0 Å². The lowest BCUT2D eigenvalue weighted by Crippen LogP contribution is -2.01. The van der Waals surface area contributed by atoms with Gasteiger partial charge in [0.25, 0.3) is 0 Å². The van der Waals surface area contributed by atoms with E-state index >= 15 is 0 Å². The van der Waals surface area contributed by atoms with Crippen molar-refractivity contribution in [2.24, 2.45) is 0 Å². The van der Waals surface area contributed by atoms with E-state index in [4.69, 9.17) is 27.4 Å². The average molecular weight is 259 g/mol. The number of rotatable bonds is 2. The zero-order valence-electron chi connectivity index (χ0n) is 9.32. The minimum absolute atomic E-state index is 0.00495. The summed E-state index contributed by atoms with van der Waals surface area (Å²) in [6.07, 6.45) is 0. The zero-order valence-corrected chi connectivity index (χ0v) is 10.1. The summed E-state index contributed by atoms with van der Waals surface area (Å²) < 4.78 is 0. The number of aromatic hydroxyl groups is 1. The summed E-state index contributed by atoms with van der Waals surface area (Å²) in [7, 11) is 0. The van der Waals surface area contributed by atoms with E-state index in [1.54, 1.807) is 25.1 Å². The summed E-state index contributed by atoms with van der Waals surface area (Å²) in [6.45, 7) is 1.67. The van der Waals surface area contributed by atoms with E-state index in [-0.39, 0.29) is 27.7 Å². The van der Waals surface area contributed by atoms with Gasteiger partial charge in [0, 0.05) is 6.07 Å². The smallest absolute Gasteiger partial charge is 0.163 e. The summed E-state index contributed by atoms with van der Waals surface area (Å²) in [4.78, 5) is 0. The quantitative estimate of drug-likeness (QED) is 0.794. The Morgan fingerprint density at radius 3 is 2.33 bits per heavy atom. The topological polar surface area (TPSA) is 104 Å². The molecule has 0 aromatic heterocycles. The van der Waals surface area contributed by atoms with Crippen LogP contribution >= 0.6 is 11.6 Å². The van der Waals surface area contributed by atoms with Crippen molar-refractivity contribution in [2.75, 3.05) is 5.32 Å². The van der Waals surface area contributed by atoms with Crippen molar-refractivity contribution in [3.63, 3.8) is 0 Å².